The predicted molar refractivity (Wildman–Crippen MR) is 63.0 cm³/mol. The van der Waals surface area contributed by atoms with E-state index in [9.17, 15) is 0 Å². The summed E-state index contributed by atoms with van der Waals surface area (Å²) >= 11 is 12.1. The number of hydrogen-bond donors (Lipinski definition) is 1. The molecule has 0 aliphatic heterocycles. The summed E-state index contributed by atoms with van der Waals surface area (Å²) in [7, 11) is 0. The number of rotatable bonds is 3. The van der Waals surface area contributed by atoms with Gasteiger partial charge in [0.25, 0.3) is 0 Å². The first-order valence-electron chi connectivity index (χ1n) is 4.71. The zero-order chi connectivity index (χ0) is 10.7. The lowest BCUT2D eigenvalue weighted by Crippen LogP contribution is -2.28. The molecule has 0 aliphatic rings. The molecule has 1 aromatic carbocycles. The monoisotopic (exact) mass is 231 g/mol. The van der Waals surface area contributed by atoms with Crippen LogP contribution in [-0.2, 0) is 6.42 Å². The van der Waals surface area contributed by atoms with Gasteiger partial charge in [0.2, 0.25) is 0 Å². The van der Waals surface area contributed by atoms with Gasteiger partial charge in [0.05, 0.1) is 0 Å². The molecular weight excluding hydrogens is 217 g/mol. The van der Waals surface area contributed by atoms with E-state index in [0.717, 1.165) is 12.0 Å². The molecule has 2 N–H and O–H groups in total. The standard InChI is InChI=1S/C11H15Cl2N/c1-7(2)11(14)6-8-9(12)4-3-5-10(8)13/h3-5,7,11H,6,14H2,1-2H3. The van der Waals surface area contributed by atoms with E-state index in [0.29, 0.717) is 16.0 Å². The summed E-state index contributed by atoms with van der Waals surface area (Å²) < 4.78 is 0. The lowest BCUT2D eigenvalue weighted by Gasteiger charge is -2.17. The van der Waals surface area contributed by atoms with Crippen molar-refractivity contribution in [3.05, 3.63) is 33.8 Å². The highest BCUT2D eigenvalue weighted by Crippen LogP contribution is 2.26. The van der Waals surface area contributed by atoms with Crippen molar-refractivity contribution in [2.75, 3.05) is 0 Å². The van der Waals surface area contributed by atoms with Crippen LogP contribution in [0, 0.1) is 5.92 Å². The Morgan fingerprint density at radius 2 is 1.71 bits per heavy atom. The SMILES string of the molecule is CC(C)C(N)Cc1c(Cl)cccc1Cl. The Morgan fingerprint density at radius 3 is 2.14 bits per heavy atom. The molecule has 1 aromatic rings. The molecule has 0 radical (unpaired) electrons. The van der Waals surface area contributed by atoms with Gasteiger partial charge in [-0.2, -0.15) is 0 Å². The molecule has 0 heterocycles. The highest BCUT2D eigenvalue weighted by Gasteiger charge is 2.13. The fourth-order valence-corrected chi connectivity index (χ4v) is 1.75. The molecule has 0 aliphatic carbocycles. The molecule has 0 spiro atoms. The zero-order valence-corrected chi connectivity index (χ0v) is 9.94. The van der Waals surface area contributed by atoms with Crippen LogP contribution >= 0.6 is 23.2 Å². The van der Waals surface area contributed by atoms with E-state index in [1.807, 2.05) is 18.2 Å². The van der Waals surface area contributed by atoms with Crippen LogP contribution in [0.25, 0.3) is 0 Å². The van der Waals surface area contributed by atoms with Crippen LogP contribution in [0.5, 0.6) is 0 Å². The van der Waals surface area contributed by atoms with Crippen molar-refractivity contribution in [1.82, 2.24) is 0 Å². The summed E-state index contributed by atoms with van der Waals surface area (Å²) in [5, 5.41) is 1.40. The Hall–Kier alpha value is -0.240. The van der Waals surface area contributed by atoms with E-state index in [2.05, 4.69) is 13.8 Å². The topological polar surface area (TPSA) is 26.0 Å². The van der Waals surface area contributed by atoms with E-state index >= 15 is 0 Å². The van der Waals surface area contributed by atoms with Crippen LogP contribution in [0.15, 0.2) is 18.2 Å². The minimum atomic E-state index is 0.104. The van der Waals surface area contributed by atoms with E-state index < -0.39 is 0 Å². The summed E-state index contributed by atoms with van der Waals surface area (Å²) in [6.07, 6.45) is 0.732. The lowest BCUT2D eigenvalue weighted by atomic mass is 9.97. The molecule has 0 aromatic heterocycles. The van der Waals surface area contributed by atoms with E-state index in [4.69, 9.17) is 28.9 Å². The van der Waals surface area contributed by atoms with E-state index in [1.54, 1.807) is 0 Å². The van der Waals surface area contributed by atoms with Crippen LogP contribution < -0.4 is 5.73 Å². The molecule has 78 valence electrons. The first-order valence-corrected chi connectivity index (χ1v) is 5.46. The van der Waals surface area contributed by atoms with Crippen molar-refractivity contribution in [1.29, 1.82) is 0 Å². The van der Waals surface area contributed by atoms with Gasteiger partial charge in [-0.05, 0) is 30.0 Å². The van der Waals surface area contributed by atoms with Gasteiger partial charge < -0.3 is 5.73 Å². The summed E-state index contributed by atoms with van der Waals surface area (Å²) in [4.78, 5) is 0. The second kappa shape index (κ2) is 5.01. The summed E-state index contributed by atoms with van der Waals surface area (Å²) in [6, 6.07) is 5.63. The fourth-order valence-electron chi connectivity index (χ4n) is 1.20. The third-order valence-electron chi connectivity index (χ3n) is 2.36. The van der Waals surface area contributed by atoms with Crippen LogP contribution in [0.4, 0.5) is 0 Å². The number of nitrogens with two attached hydrogens (primary N) is 1. The highest BCUT2D eigenvalue weighted by atomic mass is 35.5. The van der Waals surface area contributed by atoms with Gasteiger partial charge in [0.15, 0.2) is 0 Å². The first kappa shape index (κ1) is 11.8. The minimum Gasteiger partial charge on any atom is -0.327 e. The molecule has 0 fully saturated rings. The summed E-state index contributed by atoms with van der Waals surface area (Å²) in [5.74, 6) is 0.433. The molecule has 0 bridgehead atoms. The molecule has 1 rings (SSSR count). The fraction of sp³-hybridized carbons (Fsp3) is 0.455. The van der Waals surface area contributed by atoms with Gasteiger partial charge in [-0.3, -0.25) is 0 Å². The largest absolute Gasteiger partial charge is 0.327 e. The lowest BCUT2D eigenvalue weighted by molar-refractivity contribution is 0.491. The Labute approximate surface area is 95.2 Å². The number of benzene rings is 1. The molecule has 0 saturated heterocycles. The van der Waals surface area contributed by atoms with Gasteiger partial charge in [0, 0.05) is 16.1 Å². The molecule has 0 amide bonds. The van der Waals surface area contributed by atoms with Gasteiger partial charge >= 0.3 is 0 Å². The maximum Gasteiger partial charge on any atom is 0.0453 e. The van der Waals surface area contributed by atoms with Crippen LogP contribution in [0.3, 0.4) is 0 Å². The average molecular weight is 232 g/mol. The molecule has 1 unspecified atom stereocenters. The third kappa shape index (κ3) is 2.88. The van der Waals surface area contributed by atoms with E-state index in [1.165, 1.54) is 0 Å². The normalized spacial score (nSPS) is 13.3. The molecule has 3 heteroatoms. The minimum absolute atomic E-state index is 0.104. The molecule has 1 nitrogen and oxygen atoms in total. The molecule has 1 atom stereocenters. The Kier molecular flexibility index (Phi) is 4.24. The highest BCUT2D eigenvalue weighted by molar-refractivity contribution is 6.35. The van der Waals surface area contributed by atoms with Crippen LogP contribution in [0.1, 0.15) is 19.4 Å². The quantitative estimate of drug-likeness (QED) is 0.847. The molecule has 14 heavy (non-hydrogen) atoms. The predicted octanol–water partition coefficient (Wildman–Crippen LogP) is 3.52. The van der Waals surface area contributed by atoms with Crippen molar-refractivity contribution in [2.45, 2.75) is 26.3 Å². The van der Waals surface area contributed by atoms with Crippen molar-refractivity contribution in [3.63, 3.8) is 0 Å². The first-order chi connectivity index (χ1) is 6.52. The van der Waals surface area contributed by atoms with Gasteiger partial charge in [0.1, 0.15) is 0 Å². The number of halogens is 2. The van der Waals surface area contributed by atoms with Crippen molar-refractivity contribution >= 4 is 23.2 Å². The summed E-state index contributed by atoms with van der Waals surface area (Å²) in [6.45, 7) is 4.19. The van der Waals surface area contributed by atoms with Gasteiger partial charge in [-0.1, -0.05) is 43.1 Å². The molecule has 0 saturated carbocycles. The zero-order valence-electron chi connectivity index (χ0n) is 8.43. The van der Waals surface area contributed by atoms with Crippen molar-refractivity contribution in [3.8, 4) is 0 Å². The van der Waals surface area contributed by atoms with Crippen LogP contribution in [-0.4, -0.2) is 6.04 Å². The van der Waals surface area contributed by atoms with Crippen molar-refractivity contribution < 1.29 is 0 Å². The van der Waals surface area contributed by atoms with Gasteiger partial charge in [-0.15, -0.1) is 0 Å². The Morgan fingerprint density at radius 1 is 1.21 bits per heavy atom. The average Bonchev–Trinajstić information content (AvgIpc) is 2.11. The smallest absolute Gasteiger partial charge is 0.0453 e. The van der Waals surface area contributed by atoms with E-state index in [-0.39, 0.29) is 6.04 Å². The number of hydrogen-bond acceptors (Lipinski definition) is 1. The second-order valence-corrected chi connectivity index (χ2v) is 4.63. The van der Waals surface area contributed by atoms with Crippen molar-refractivity contribution in [2.24, 2.45) is 11.7 Å². The summed E-state index contributed by atoms with van der Waals surface area (Å²) in [5.41, 5.74) is 6.92. The molecular formula is C11H15Cl2N. The second-order valence-electron chi connectivity index (χ2n) is 3.81. The van der Waals surface area contributed by atoms with Crippen LogP contribution in [0.2, 0.25) is 10.0 Å². The maximum atomic E-state index is 6.04. The Bertz CT molecular complexity index is 290. The third-order valence-corrected chi connectivity index (χ3v) is 3.07. The maximum absolute atomic E-state index is 6.04. The van der Waals surface area contributed by atoms with Gasteiger partial charge in [-0.25, -0.2) is 0 Å². The Balaban J connectivity index is 2.85.